The Labute approximate surface area is 216 Å². The van der Waals surface area contributed by atoms with Gasteiger partial charge in [-0.05, 0) is 41.9 Å². The fraction of sp³-hybridized carbons (Fsp3) is 0.296. The van der Waals surface area contributed by atoms with E-state index in [0.29, 0.717) is 18.5 Å². The maximum Gasteiger partial charge on any atom is 0.416 e. The average Bonchev–Trinajstić information content (AvgIpc) is 2.88. The fourth-order valence-electron chi connectivity index (χ4n) is 4.16. The van der Waals surface area contributed by atoms with Gasteiger partial charge in [-0.15, -0.1) is 0 Å². The summed E-state index contributed by atoms with van der Waals surface area (Å²) >= 11 is 0. The Morgan fingerprint density at radius 2 is 1.34 bits per heavy atom. The number of benzene rings is 3. The Bertz CT molecular complexity index is 1090. The number of alkyl halides is 6. The lowest BCUT2D eigenvalue weighted by molar-refractivity contribution is -0.143. The van der Waals surface area contributed by atoms with E-state index in [1.807, 2.05) is 65.6 Å². The second-order valence-electron chi connectivity index (χ2n) is 8.65. The molecular formula is C27H27F6N3O2. The van der Waals surface area contributed by atoms with Crippen molar-refractivity contribution in [2.75, 3.05) is 20.3 Å². The Kier molecular flexibility index (Phi) is 9.90. The molecule has 2 N–H and O–H groups in total. The van der Waals surface area contributed by atoms with E-state index in [9.17, 15) is 31.1 Å². The van der Waals surface area contributed by atoms with E-state index in [-0.39, 0.29) is 30.8 Å². The standard InChI is InChI=1S/C27H27F6N3O2/c1-36(17-34-35-18-37)24(25(20-8-4-2-5-9-20)21-10-6-3-7-11-21)16-38-15-19-12-22(26(28,29)30)14-23(13-19)27(31,32)33/h2-14,18,24-25,34H,15-17H2,1H3,(H,35,37). The second-order valence-corrected chi connectivity index (χ2v) is 8.65. The molecule has 204 valence electrons. The molecule has 0 spiro atoms. The first-order valence-electron chi connectivity index (χ1n) is 11.6. The largest absolute Gasteiger partial charge is 0.416 e. The number of halogens is 6. The van der Waals surface area contributed by atoms with Crippen molar-refractivity contribution in [3.8, 4) is 0 Å². The van der Waals surface area contributed by atoms with Gasteiger partial charge in [-0.3, -0.25) is 15.1 Å². The molecule has 0 aliphatic carbocycles. The fourth-order valence-corrected chi connectivity index (χ4v) is 4.16. The maximum absolute atomic E-state index is 13.3. The van der Waals surface area contributed by atoms with Crippen molar-refractivity contribution >= 4 is 6.41 Å². The van der Waals surface area contributed by atoms with Crippen LogP contribution >= 0.6 is 0 Å². The predicted octanol–water partition coefficient (Wildman–Crippen LogP) is 5.58. The number of amides is 1. The van der Waals surface area contributed by atoms with E-state index < -0.39 is 36.1 Å². The Balaban J connectivity index is 1.91. The zero-order chi connectivity index (χ0) is 27.8. The van der Waals surface area contributed by atoms with Crippen molar-refractivity contribution in [3.05, 3.63) is 107 Å². The molecule has 0 aromatic heterocycles. The molecule has 0 aliphatic rings. The van der Waals surface area contributed by atoms with Crippen LogP contribution in [0.25, 0.3) is 0 Å². The molecule has 1 amide bonds. The van der Waals surface area contributed by atoms with Gasteiger partial charge in [0.05, 0.1) is 31.0 Å². The first kappa shape index (κ1) is 29.2. The molecule has 0 fully saturated rings. The second kappa shape index (κ2) is 12.9. The van der Waals surface area contributed by atoms with Gasteiger partial charge in [0, 0.05) is 12.0 Å². The lowest BCUT2D eigenvalue weighted by atomic mass is 9.84. The van der Waals surface area contributed by atoms with E-state index >= 15 is 0 Å². The Hall–Kier alpha value is -3.41. The normalized spacial score (nSPS) is 13.1. The van der Waals surface area contributed by atoms with Gasteiger partial charge in [-0.25, -0.2) is 5.43 Å². The number of carbonyl (C=O) groups excluding carboxylic acids is 1. The van der Waals surface area contributed by atoms with Gasteiger partial charge in [0.25, 0.3) is 0 Å². The first-order valence-corrected chi connectivity index (χ1v) is 11.6. The number of nitrogens with one attached hydrogen (secondary N) is 2. The summed E-state index contributed by atoms with van der Waals surface area (Å²) in [5.41, 5.74) is 3.91. The first-order chi connectivity index (χ1) is 18.0. The monoisotopic (exact) mass is 539 g/mol. The number of nitrogens with zero attached hydrogens (tertiary/aromatic N) is 1. The van der Waals surface area contributed by atoms with Crippen LogP contribution in [0.5, 0.6) is 0 Å². The summed E-state index contributed by atoms with van der Waals surface area (Å²) < 4.78 is 85.4. The zero-order valence-corrected chi connectivity index (χ0v) is 20.4. The number of rotatable bonds is 12. The van der Waals surface area contributed by atoms with Crippen LogP contribution in [0.4, 0.5) is 26.3 Å². The van der Waals surface area contributed by atoms with Crippen molar-refractivity contribution in [2.45, 2.75) is 30.9 Å². The van der Waals surface area contributed by atoms with Crippen LogP contribution in [-0.4, -0.2) is 37.7 Å². The van der Waals surface area contributed by atoms with Gasteiger partial charge in [0.1, 0.15) is 0 Å². The van der Waals surface area contributed by atoms with Gasteiger partial charge in [-0.1, -0.05) is 60.7 Å². The third kappa shape index (κ3) is 8.04. The minimum atomic E-state index is -4.94. The molecule has 0 heterocycles. The molecule has 3 aromatic rings. The molecule has 0 saturated carbocycles. The molecule has 0 radical (unpaired) electrons. The maximum atomic E-state index is 13.3. The van der Waals surface area contributed by atoms with Gasteiger partial charge >= 0.3 is 12.4 Å². The van der Waals surface area contributed by atoms with Crippen molar-refractivity contribution in [1.29, 1.82) is 0 Å². The summed E-state index contributed by atoms with van der Waals surface area (Å²) in [7, 11) is 1.76. The zero-order valence-electron chi connectivity index (χ0n) is 20.4. The molecule has 5 nitrogen and oxygen atoms in total. The van der Waals surface area contributed by atoms with Gasteiger partial charge in [-0.2, -0.15) is 26.3 Å². The molecule has 38 heavy (non-hydrogen) atoms. The van der Waals surface area contributed by atoms with Gasteiger partial charge in [0.2, 0.25) is 6.41 Å². The summed E-state index contributed by atoms with van der Waals surface area (Å²) in [6.45, 7) is -0.316. The van der Waals surface area contributed by atoms with Crippen LogP contribution in [-0.2, 0) is 28.5 Å². The number of hydrazine groups is 1. The Morgan fingerprint density at radius 3 is 1.79 bits per heavy atom. The van der Waals surface area contributed by atoms with Crippen LogP contribution in [0, 0.1) is 0 Å². The quantitative estimate of drug-likeness (QED) is 0.104. The molecule has 3 aromatic carbocycles. The lowest BCUT2D eigenvalue weighted by Crippen LogP contribution is -2.48. The van der Waals surface area contributed by atoms with Crippen LogP contribution in [0.15, 0.2) is 78.9 Å². The molecular weight excluding hydrogens is 512 g/mol. The van der Waals surface area contributed by atoms with Crippen LogP contribution in [0.3, 0.4) is 0 Å². The summed E-state index contributed by atoms with van der Waals surface area (Å²) in [5.74, 6) is -0.271. The predicted molar refractivity (Wildman–Crippen MR) is 130 cm³/mol. The third-order valence-corrected chi connectivity index (χ3v) is 5.96. The Morgan fingerprint density at radius 1 is 0.842 bits per heavy atom. The summed E-state index contributed by atoms with van der Waals surface area (Å²) in [4.78, 5) is 12.5. The highest BCUT2D eigenvalue weighted by Gasteiger charge is 2.37. The summed E-state index contributed by atoms with van der Waals surface area (Å²) in [5, 5.41) is 0. The summed E-state index contributed by atoms with van der Waals surface area (Å²) in [6.07, 6.45) is -9.42. The van der Waals surface area contributed by atoms with E-state index in [4.69, 9.17) is 4.74 Å². The van der Waals surface area contributed by atoms with Crippen molar-refractivity contribution in [3.63, 3.8) is 0 Å². The van der Waals surface area contributed by atoms with Crippen molar-refractivity contribution < 1.29 is 35.9 Å². The van der Waals surface area contributed by atoms with Crippen LogP contribution < -0.4 is 10.9 Å². The van der Waals surface area contributed by atoms with Crippen molar-refractivity contribution in [2.24, 2.45) is 0 Å². The topological polar surface area (TPSA) is 53.6 Å². The number of hydrogen-bond acceptors (Lipinski definition) is 4. The smallest absolute Gasteiger partial charge is 0.375 e. The van der Waals surface area contributed by atoms with E-state index in [1.165, 1.54) is 0 Å². The number of likely N-dealkylation sites (N-methyl/N-ethyl adjacent to an activating group) is 1. The molecule has 0 bridgehead atoms. The van der Waals surface area contributed by atoms with Gasteiger partial charge in [0.15, 0.2) is 0 Å². The van der Waals surface area contributed by atoms with E-state index in [1.54, 1.807) is 7.05 Å². The number of hydrogen-bond donors (Lipinski definition) is 2. The van der Waals surface area contributed by atoms with Crippen LogP contribution in [0.2, 0.25) is 0 Å². The minimum absolute atomic E-state index is 0.0364. The lowest BCUT2D eigenvalue weighted by Gasteiger charge is -2.35. The van der Waals surface area contributed by atoms with E-state index in [2.05, 4.69) is 10.9 Å². The molecule has 11 heteroatoms. The molecule has 1 unspecified atom stereocenters. The molecule has 1 atom stereocenters. The third-order valence-electron chi connectivity index (χ3n) is 5.96. The van der Waals surface area contributed by atoms with Crippen molar-refractivity contribution in [1.82, 2.24) is 15.8 Å². The number of carbonyl (C=O) groups is 1. The minimum Gasteiger partial charge on any atom is -0.375 e. The van der Waals surface area contributed by atoms with Crippen LogP contribution in [0.1, 0.15) is 33.7 Å². The highest BCUT2D eigenvalue weighted by Crippen LogP contribution is 2.37. The summed E-state index contributed by atoms with van der Waals surface area (Å²) in [6, 6.07) is 19.9. The molecule has 0 saturated heterocycles. The molecule has 3 rings (SSSR count). The average molecular weight is 540 g/mol. The molecule has 0 aliphatic heterocycles. The SMILES string of the molecule is CN(CNNC=O)C(COCc1cc(C(F)(F)F)cc(C(F)(F)F)c1)C(c1ccccc1)c1ccccc1. The number of ether oxygens (including phenoxy) is 1. The van der Waals surface area contributed by atoms with E-state index in [0.717, 1.165) is 11.1 Å². The highest BCUT2D eigenvalue weighted by molar-refractivity contribution is 5.44. The highest BCUT2D eigenvalue weighted by atomic mass is 19.4. The van der Waals surface area contributed by atoms with Gasteiger partial charge < -0.3 is 4.74 Å².